The van der Waals surface area contributed by atoms with Crippen LogP contribution in [0.25, 0.3) is 0 Å². The number of nitrogens with zero attached hydrogens (tertiary/aromatic N) is 1. The Labute approximate surface area is 108 Å². The zero-order chi connectivity index (χ0) is 12.1. The van der Waals surface area contributed by atoms with Crippen LogP contribution in [0.3, 0.4) is 0 Å². The average Bonchev–Trinajstić information content (AvgIpc) is 2.28. The first-order valence-corrected chi connectivity index (χ1v) is 7.10. The van der Waals surface area contributed by atoms with E-state index in [-0.39, 0.29) is 0 Å². The van der Waals surface area contributed by atoms with Crippen molar-refractivity contribution in [2.24, 2.45) is 0 Å². The molecular formula is C14H22BrN. The van der Waals surface area contributed by atoms with Crippen LogP contribution in [0.4, 0.5) is 5.69 Å². The lowest BCUT2D eigenvalue weighted by atomic mass is 10.1. The molecule has 0 radical (unpaired) electrons. The van der Waals surface area contributed by atoms with Gasteiger partial charge in [-0.2, -0.15) is 0 Å². The second-order valence-electron chi connectivity index (χ2n) is 4.51. The van der Waals surface area contributed by atoms with Crippen LogP contribution in [0.5, 0.6) is 0 Å². The van der Waals surface area contributed by atoms with Gasteiger partial charge >= 0.3 is 0 Å². The second kappa shape index (κ2) is 6.29. The van der Waals surface area contributed by atoms with Gasteiger partial charge < -0.3 is 4.90 Å². The third-order valence-corrected chi connectivity index (χ3v) is 3.73. The SMILES string of the molecule is CCCC(C)N(C)c1ccc(C)cc1CBr. The Morgan fingerprint density at radius 3 is 2.62 bits per heavy atom. The molecule has 0 aliphatic rings. The van der Waals surface area contributed by atoms with E-state index in [1.807, 2.05) is 0 Å². The number of aryl methyl sites for hydroxylation is 1. The van der Waals surface area contributed by atoms with E-state index >= 15 is 0 Å². The van der Waals surface area contributed by atoms with Crippen LogP contribution in [0.1, 0.15) is 37.8 Å². The van der Waals surface area contributed by atoms with Crippen molar-refractivity contribution in [3.63, 3.8) is 0 Å². The lowest BCUT2D eigenvalue weighted by molar-refractivity contribution is 0.615. The van der Waals surface area contributed by atoms with Gasteiger partial charge in [-0.15, -0.1) is 0 Å². The normalized spacial score (nSPS) is 12.6. The molecule has 0 spiro atoms. The fourth-order valence-electron chi connectivity index (χ4n) is 2.01. The molecule has 0 N–H and O–H groups in total. The van der Waals surface area contributed by atoms with Crippen LogP contribution in [0, 0.1) is 6.92 Å². The van der Waals surface area contributed by atoms with E-state index in [4.69, 9.17) is 0 Å². The zero-order valence-electron chi connectivity index (χ0n) is 10.8. The highest BCUT2D eigenvalue weighted by Gasteiger charge is 2.12. The van der Waals surface area contributed by atoms with E-state index in [9.17, 15) is 0 Å². The minimum atomic E-state index is 0.602. The van der Waals surface area contributed by atoms with E-state index < -0.39 is 0 Å². The van der Waals surface area contributed by atoms with Gasteiger partial charge in [-0.3, -0.25) is 0 Å². The van der Waals surface area contributed by atoms with Crippen molar-refractivity contribution in [3.8, 4) is 0 Å². The summed E-state index contributed by atoms with van der Waals surface area (Å²) in [6, 6.07) is 7.29. The molecule has 0 bridgehead atoms. The maximum atomic E-state index is 3.57. The summed E-state index contributed by atoms with van der Waals surface area (Å²) in [5.74, 6) is 0. The van der Waals surface area contributed by atoms with Gasteiger partial charge in [0.25, 0.3) is 0 Å². The maximum Gasteiger partial charge on any atom is 0.0407 e. The smallest absolute Gasteiger partial charge is 0.0407 e. The Bertz CT molecular complexity index is 336. The Morgan fingerprint density at radius 1 is 1.38 bits per heavy atom. The monoisotopic (exact) mass is 283 g/mol. The molecule has 0 aromatic heterocycles. The van der Waals surface area contributed by atoms with Crippen LogP contribution in [0.2, 0.25) is 0 Å². The molecule has 0 saturated carbocycles. The average molecular weight is 284 g/mol. The van der Waals surface area contributed by atoms with E-state index in [0.717, 1.165) is 5.33 Å². The summed E-state index contributed by atoms with van der Waals surface area (Å²) in [4.78, 5) is 2.39. The summed E-state index contributed by atoms with van der Waals surface area (Å²) in [5, 5.41) is 0.924. The largest absolute Gasteiger partial charge is 0.372 e. The van der Waals surface area contributed by atoms with Gasteiger partial charge in [-0.05, 0) is 31.9 Å². The number of halogens is 1. The highest BCUT2D eigenvalue weighted by molar-refractivity contribution is 9.08. The summed E-state index contributed by atoms with van der Waals surface area (Å²) >= 11 is 3.57. The van der Waals surface area contributed by atoms with Crippen molar-refractivity contribution in [1.82, 2.24) is 0 Å². The molecule has 1 aromatic rings. The molecule has 16 heavy (non-hydrogen) atoms. The van der Waals surface area contributed by atoms with E-state index in [1.165, 1.54) is 29.7 Å². The number of benzene rings is 1. The highest BCUT2D eigenvalue weighted by atomic mass is 79.9. The molecule has 0 amide bonds. The van der Waals surface area contributed by atoms with E-state index in [1.54, 1.807) is 0 Å². The molecule has 1 aromatic carbocycles. The van der Waals surface area contributed by atoms with Gasteiger partial charge in [0.15, 0.2) is 0 Å². The van der Waals surface area contributed by atoms with Crippen molar-refractivity contribution in [1.29, 1.82) is 0 Å². The number of hydrogen-bond donors (Lipinski definition) is 0. The summed E-state index contributed by atoms with van der Waals surface area (Å²) in [7, 11) is 2.19. The van der Waals surface area contributed by atoms with Gasteiger partial charge in [0.1, 0.15) is 0 Å². The number of alkyl halides is 1. The standard InChI is InChI=1S/C14H22BrN/c1-5-6-12(3)16(4)14-8-7-11(2)9-13(14)10-15/h7-9,12H,5-6,10H2,1-4H3. The first kappa shape index (κ1) is 13.6. The summed E-state index contributed by atoms with van der Waals surface area (Å²) in [6.07, 6.45) is 2.48. The fraction of sp³-hybridized carbons (Fsp3) is 0.571. The third kappa shape index (κ3) is 3.24. The molecule has 0 heterocycles. The molecule has 90 valence electrons. The lowest BCUT2D eigenvalue weighted by Crippen LogP contribution is -2.29. The molecule has 1 nitrogen and oxygen atoms in total. The first-order valence-electron chi connectivity index (χ1n) is 5.98. The highest BCUT2D eigenvalue weighted by Crippen LogP contribution is 2.25. The Kier molecular flexibility index (Phi) is 5.33. The molecule has 0 fully saturated rings. The van der Waals surface area contributed by atoms with Gasteiger partial charge in [0.05, 0.1) is 0 Å². The van der Waals surface area contributed by atoms with Gasteiger partial charge in [-0.1, -0.05) is 47.0 Å². The molecule has 0 aliphatic carbocycles. The lowest BCUT2D eigenvalue weighted by Gasteiger charge is -2.28. The number of rotatable bonds is 5. The fourth-order valence-corrected chi connectivity index (χ4v) is 2.46. The Morgan fingerprint density at radius 2 is 2.06 bits per heavy atom. The minimum absolute atomic E-state index is 0.602. The van der Waals surface area contributed by atoms with Gasteiger partial charge in [0, 0.05) is 24.1 Å². The molecule has 1 unspecified atom stereocenters. The van der Waals surface area contributed by atoms with Crippen molar-refractivity contribution in [2.75, 3.05) is 11.9 Å². The quantitative estimate of drug-likeness (QED) is 0.719. The molecule has 1 rings (SSSR count). The summed E-state index contributed by atoms with van der Waals surface area (Å²) < 4.78 is 0. The van der Waals surface area contributed by atoms with Crippen molar-refractivity contribution < 1.29 is 0 Å². The molecular weight excluding hydrogens is 262 g/mol. The van der Waals surface area contributed by atoms with Crippen molar-refractivity contribution >= 4 is 21.6 Å². The summed E-state index contributed by atoms with van der Waals surface area (Å²) in [5.41, 5.74) is 4.06. The molecule has 1 atom stereocenters. The molecule has 2 heteroatoms. The Balaban J connectivity index is 2.93. The van der Waals surface area contributed by atoms with Crippen LogP contribution in [-0.4, -0.2) is 13.1 Å². The first-order chi connectivity index (χ1) is 7.60. The zero-order valence-corrected chi connectivity index (χ0v) is 12.3. The van der Waals surface area contributed by atoms with Crippen LogP contribution >= 0.6 is 15.9 Å². The van der Waals surface area contributed by atoms with Crippen LogP contribution < -0.4 is 4.90 Å². The molecule has 0 aliphatic heterocycles. The predicted octanol–water partition coefficient (Wildman–Crippen LogP) is 4.51. The topological polar surface area (TPSA) is 3.24 Å². The molecule has 0 saturated heterocycles. The third-order valence-electron chi connectivity index (χ3n) is 3.13. The number of anilines is 1. The predicted molar refractivity (Wildman–Crippen MR) is 76.6 cm³/mol. The second-order valence-corrected chi connectivity index (χ2v) is 5.08. The number of hydrogen-bond acceptors (Lipinski definition) is 1. The minimum Gasteiger partial charge on any atom is -0.372 e. The van der Waals surface area contributed by atoms with Gasteiger partial charge in [-0.25, -0.2) is 0 Å². The van der Waals surface area contributed by atoms with E-state index in [2.05, 4.69) is 66.8 Å². The van der Waals surface area contributed by atoms with Crippen molar-refractivity contribution in [2.45, 2.75) is 45.0 Å². The van der Waals surface area contributed by atoms with Crippen LogP contribution in [-0.2, 0) is 5.33 Å². The van der Waals surface area contributed by atoms with Crippen molar-refractivity contribution in [3.05, 3.63) is 29.3 Å². The maximum absolute atomic E-state index is 3.57. The Hall–Kier alpha value is -0.500. The van der Waals surface area contributed by atoms with E-state index in [0.29, 0.717) is 6.04 Å². The van der Waals surface area contributed by atoms with Crippen LogP contribution in [0.15, 0.2) is 18.2 Å². The van der Waals surface area contributed by atoms with Gasteiger partial charge in [0.2, 0.25) is 0 Å². The summed E-state index contributed by atoms with van der Waals surface area (Å²) in [6.45, 7) is 6.68.